The van der Waals surface area contributed by atoms with Gasteiger partial charge in [0.25, 0.3) is 0 Å². The van der Waals surface area contributed by atoms with Gasteiger partial charge in [-0.1, -0.05) is 53.2 Å². The fraction of sp³-hybridized carbons (Fsp3) is 0.182. The number of ether oxygens (including phenoxy) is 1. The highest BCUT2D eigenvalue weighted by atomic mass is 79.9. The van der Waals surface area contributed by atoms with Crippen LogP contribution in [-0.4, -0.2) is 17.5 Å². The molecule has 1 amide bonds. The van der Waals surface area contributed by atoms with Crippen molar-refractivity contribution in [1.29, 1.82) is 0 Å². The van der Waals surface area contributed by atoms with E-state index in [9.17, 15) is 4.79 Å². The highest BCUT2D eigenvalue weighted by Gasteiger charge is 2.11. The summed E-state index contributed by atoms with van der Waals surface area (Å²) >= 11 is 4.90. The Kier molecular flexibility index (Phi) is 7.01. The molecule has 0 saturated heterocycles. The molecule has 4 nitrogen and oxygen atoms in total. The van der Waals surface area contributed by atoms with Crippen LogP contribution in [0, 0.1) is 6.92 Å². The number of anilines is 1. The number of carbonyl (C=O) groups is 1. The molecule has 0 radical (unpaired) electrons. The van der Waals surface area contributed by atoms with Crippen LogP contribution in [0.5, 0.6) is 5.75 Å². The smallest absolute Gasteiger partial charge is 0.250 e. The highest BCUT2D eigenvalue weighted by molar-refractivity contribution is 9.10. The summed E-state index contributed by atoms with van der Waals surface area (Å²) in [5.74, 6) is 0.553. The van der Waals surface area contributed by atoms with Crippen molar-refractivity contribution >= 4 is 44.4 Å². The Balaban J connectivity index is 1.70. The van der Waals surface area contributed by atoms with Crippen LogP contribution in [0.2, 0.25) is 0 Å². The monoisotopic (exact) mass is 456 g/mol. The van der Waals surface area contributed by atoms with Crippen molar-refractivity contribution in [2.75, 3.05) is 11.9 Å². The Morgan fingerprint density at radius 3 is 2.71 bits per heavy atom. The van der Waals surface area contributed by atoms with Gasteiger partial charge in [0.15, 0.2) is 5.13 Å². The van der Waals surface area contributed by atoms with Gasteiger partial charge in [-0.05, 0) is 37.6 Å². The van der Waals surface area contributed by atoms with Crippen molar-refractivity contribution in [2.45, 2.75) is 20.3 Å². The number of rotatable bonds is 7. The number of aromatic nitrogens is 1. The number of hydrogen-bond acceptors (Lipinski definition) is 4. The van der Waals surface area contributed by atoms with Gasteiger partial charge in [0.1, 0.15) is 5.75 Å². The molecule has 3 rings (SSSR count). The van der Waals surface area contributed by atoms with Gasteiger partial charge in [0.05, 0.1) is 12.3 Å². The number of benzene rings is 2. The standard InChI is InChI=1S/C22H21BrN2O2S/c1-3-14-27-19-7-5-4-6-16(19)10-13-20(26)24-22-25-21(15(2)28-22)17-8-11-18(23)12-9-17/h4-13H,3,14H2,1-2H3,(H,24,25,26)/b13-10+. The van der Waals surface area contributed by atoms with E-state index in [-0.39, 0.29) is 5.91 Å². The summed E-state index contributed by atoms with van der Waals surface area (Å²) in [4.78, 5) is 18.0. The summed E-state index contributed by atoms with van der Waals surface area (Å²) in [6.45, 7) is 4.71. The summed E-state index contributed by atoms with van der Waals surface area (Å²) in [5.41, 5.74) is 2.78. The Hall–Kier alpha value is -2.44. The second-order valence-corrected chi connectivity index (χ2v) is 8.26. The lowest BCUT2D eigenvalue weighted by atomic mass is 10.1. The first-order chi connectivity index (χ1) is 13.6. The summed E-state index contributed by atoms with van der Waals surface area (Å²) < 4.78 is 6.74. The van der Waals surface area contributed by atoms with Crippen LogP contribution < -0.4 is 10.1 Å². The van der Waals surface area contributed by atoms with Crippen LogP contribution in [0.1, 0.15) is 23.8 Å². The van der Waals surface area contributed by atoms with Crippen LogP contribution in [0.4, 0.5) is 5.13 Å². The Bertz CT molecular complexity index is 980. The second-order valence-electron chi connectivity index (χ2n) is 6.14. The average Bonchev–Trinajstić information content (AvgIpc) is 3.06. The zero-order chi connectivity index (χ0) is 19.9. The first-order valence-electron chi connectivity index (χ1n) is 9.01. The molecule has 144 valence electrons. The molecule has 0 aliphatic rings. The van der Waals surface area contributed by atoms with Gasteiger partial charge < -0.3 is 4.74 Å². The Morgan fingerprint density at radius 1 is 1.21 bits per heavy atom. The first kappa shape index (κ1) is 20.3. The van der Waals surface area contributed by atoms with Crippen LogP contribution in [0.25, 0.3) is 17.3 Å². The number of hydrogen-bond donors (Lipinski definition) is 1. The van der Waals surface area contributed by atoms with Gasteiger partial charge in [0, 0.05) is 26.6 Å². The zero-order valence-electron chi connectivity index (χ0n) is 15.7. The molecule has 0 bridgehead atoms. The number of halogens is 1. The van der Waals surface area contributed by atoms with E-state index in [1.165, 1.54) is 17.4 Å². The highest BCUT2D eigenvalue weighted by Crippen LogP contribution is 2.31. The predicted molar refractivity (Wildman–Crippen MR) is 120 cm³/mol. The third kappa shape index (κ3) is 5.30. The van der Waals surface area contributed by atoms with Crippen molar-refractivity contribution in [3.63, 3.8) is 0 Å². The number of nitrogens with zero attached hydrogens (tertiary/aromatic N) is 1. The number of carbonyl (C=O) groups excluding carboxylic acids is 1. The predicted octanol–water partition coefficient (Wildman–Crippen LogP) is 6.32. The van der Waals surface area contributed by atoms with Crippen LogP contribution in [0.3, 0.4) is 0 Å². The van der Waals surface area contributed by atoms with E-state index in [1.54, 1.807) is 6.08 Å². The van der Waals surface area contributed by atoms with Crippen LogP contribution in [0.15, 0.2) is 59.1 Å². The number of thiazole rings is 1. The van der Waals surface area contributed by atoms with E-state index in [1.807, 2.05) is 55.5 Å². The number of aryl methyl sites for hydroxylation is 1. The van der Waals surface area contributed by atoms with Gasteiger partial charge in [0.2, 0.25) is 5.91 Å². The van der Waals surface area contributed by atoms with E-state index < -0.39 is 0 Å². The number of para-hydroxylation sites is 1. The summed E-state index contributed by atoms with van der Waals surface area (Å²) in [7, 11) is 0. The van der Waals surface area contributed by atoms with E-state index >= 15 is 0 Å². The third-order valence-electron chi connectivity index (χ3n) is 3.94. The molecule has 1 heterocycles. The van der Waals surface area contributed by atoms with Crippen molar-refractivity contribution in [3.05, 3.63) is 69.5 Å². The topological polar surface area (TPSA) is 51.2 Å². The molecule has 3 aromatic rings. The molecular weight excluding hydrogens is 436 g/mol. The first-order valence-corrected chi connectivity index (χ1v) is 10.6. The quantitative estimate of drug-likeness (QED) is 0.423. The van der Waals surface area contributed by atoms with E-state index in [2.05, 4.69) is 33.2 Å². The SMILES string of the molecule is CCCOc1ccccc1/C=C/C(=O)Nc1nc(-c2ccc(Br)cc2)c(C)s1. The third-order valence-corrected chi connectivity index (χ3v) is 5.35. The maximum Gasteiger partial charge on any atom is 0.250 e. The van der Waals surface area contributed by atoms with Crippen molar-refractivity contribution < 1.29 is 9.53 Å². The van der Waals surface area contributed by atoms with Gasteiger partial charge >= 0.3 is 0 Å². The largest absolute Gasteiger partial charge is 0.493 e. The van der Waals surface area contributed by atoms with Crippen molar-refractivity contribution in [3.8, 4) is 17.0 Å². The molecule has 1 aromatic heterocycles. The normalized spacial score (nSPS) is 11.0. The maximum atomic E-state index is 12.3. The Labute approximate surface area is 177 Å². The summed E-state index contributed by atoms with van der Waals surface area (Å²) in [6, 6.07) is 15.6. The second kappa shape index (κ2) is 9.66. The average molecular weight is 457 g/mol. The van der Waals surface area contributed by atoms with Crippen molar-refractivity contribution in [2.24, 2.45) is 0 Å². The van der Waals surface area contributed by atoms with E-state index in [0.29, 0.717) is 11.7 Å². The molecule has 0 spiro atoms. The molecule has 1 N–H and O–H groups in total. The fourth-order valence-corrected chi connectivity index (χ4v) is 3.70. The van der Waals surface area contributed by atoms with Gasteiger partial charge in [-0.15, -0.1) is 11.3 Å². The molecule has 0 aliphatic heterocycles. The molecule has 0 saturated carbocycles. The van der Waals surface area contributed by atoms with E-state index in [0.717, 1.165) is 38.3 Å². The fourth-order valence-electron chi connectivity index (χ4n) is 2.60. The van der Waals surface area contributed by atoms with Gasteiger partial charge in [-0.25, -0.2) is 4.98 Å². The lowest BCUT2D eigenvalue weighted by molar-refractivity contribution is -0.111. The molecule has 2 aromatic carbocycles. The minimum absolute atomic E-state index is 0.221. The van der Waals surface area contributed by atoms with Crippen LogP contribution >= 0.6 is 27.3 Å². The lowest BCUT2D eigenvalue weighted by Gasteiger charge is -2.07. The molecule has 0 fully saturated rings. The minimum atomic E-state index is -0.221. The van der Waals surface area contributed by atoms with Crippen molar-refractivity contribution in [1.82, 2.24) is 4.98 Å². The molecule has 0 aliphatic carbocycles. The van der Waals surface area contributed by atoms with E-state index in [4.69, 9.17) is 4.74 Å². The lowest BCUT2D eigenvalue weighted by Crippen LogP contribution is -2.07. The summed E-state index contributed by atoms with van der Waals surface area (Å²) in [6.07, 6.45) is 4.20. The maximum absolute atomic E-state index is 12.3. The number of amides is 1. The van der Waals surface area contributed by atoms with Gasteiger partial charge in [-0.3, -0.25) is 10.1 Å². The molecule has 6 heteroatoms. The molecule has 0 unspecified atom stereocenters. The Morgan fingerprint density at radius 2 is 1.96 bits per heavy atom. The number of nitrogens with one attached hydrogen (secondary N) is 1. The summed E-state index contributed by atoms with van der Waals surface area (Å²) in [5, 5.41) is 3.43. The minimum Gasteiger partial charge on any atom is -0.493 e. The van der Waals surface area contributed by atoms with Crippen LogP contribution in [-0.2, 0) is 4.79 Å². The molecule has 28 heavy (non-hydrogen) atoms. The van der Waals surface area contributed by atoms with Gasteiger partial charge in [-0.2, -0.15) is 0 Å². The zero-order valence-corrected chi connectivity index (χ0v) is 18.1. The molecular formula is C22H21BrN2O2S. The molecule has 0 atom stereocenters.